The van der Waals surface area contributed by atoms with Crippen LogP contribution in [0.1, 0.15) is 29.4 Å². The van der Waals surface area contributed by atoms with Gasteiger partial charge in [0.15, 0.2) is 5.69 Å². The van der Waals surface area contributed by atoms with E-state index in [1.165, 1.54) is 0 Å². The lowest BCUT2D eigenvalue weighted by atomic mass is 10.2. The monoisotopic (exact) mass is 248 g/mol. The molecule has 2 N–H and O–H groups in total. The molecule has 0 radical (unpaired) electrons. The van der Waals surface area contributed by atoms with E-state index in [0.717, 1.165) is 13.0 Å². The molecule has 0 unspecified atom stereocenters. The van der Waals surface area contributed by atoms with E-state index >= 15 is 0 Å². The maximum atomic E-state index is 12.1. The molecule has 0 aliphatic heterocycles. The van der Waals surface area contributed by atoms with Crippen molar-refractivity contribution in [3.8, 4) is 0 Å². The van der Waals surface area contributed by atoms with Gasteiger partial charge in [0, 0.05) is 19.3 Å². The molecule has 0 atom stereocenters. The third-order valence-corrected chi connectivity index (χ3v) is 2.48. The lowest BCUT2D eigenvalue weighted by Crippen LogP contribution is -2.10. The van der Waals surface area contributed by atoms with Gasteiger partial charge in [0.1, 0.15) is 0 Å². The highest BCUT2D eigenvalue weighted by atomic mass is 16.1. The molecule has 0 spiro atoms. The molecule has 0 aliphatic rings. The quantitative estimate of drug-likeness (QED) is 0.731. The van der Waals surface area contributed by atoms with E-state index in [1.54, 1.807) is 28.0 Å². The van der Waals surface area contributed by atoms with E-state index in [1.807, 2.05) is 0 Å². The summed E-state index contributed by atoms with van der Waals surface area (Å²) in [4.78, 5) is 12.1. The highest BCUT2D eigenvalue weighted by molar-refractivity contribution is 6.07. The minimum Gasteiger partial charge on any atom is -0.329 e. The Hall–Kier alpha value is -2.02. The molecule has 0 bridgehead atoms. The first-order chi connectivity index (χ1) is 8.74. The van der Waals surface area contributed by atoms with Gasteiger partial charge in [-0.25, -0.2) is 0 Å². The largest absolute Gasteiger partial charge is 0.329 e. The van der Waals surface area contributed by atoms with Crippen LogP contribution in [0.4, 0.5) is 0 Å². The number of hydrogen-bond donors (Lipinski definition) is 1. The van der Waals surface area contributed by atoms with Crippen LogP contribution in [0.15, 0.2) is 18.6 Å². The normalized spacial score (nSPS) is 10.8. The van der Waals surface area contributed by atoms with Crippen molar-refractivity contribution in [1.29, 1.82) is 0 Å². The Morgan fingerprint density at radius 3 is 2.89 bits per heavy atom. The summed E-state index contributed by atoms with van der Waals surface area (Å²) in [6.45, 7) is 3.87. The summed E-state index contributed by atoms with van der Waals surface area (Å²) >= 11 is 0. The van der Waals surface area contributed by atoms with Crippen LogP contribution in [0, 0.1) is 0 Å². The van der Waals surface area contributed by atoms with Crippen LogP contribution >= 0.6 is 0 Å². The number of aromatic nitrogens is 5. The fourth-order valence-corrected chi connectivity index (χ4v) is 1.62. The summed E-state index contributed by atoms with van der Waals surface area (Å²) in [7, 11) is 0. The average Bonchev–Trinajstić information content (AvgIpc) is 2.98. The Labute approximate surface area is 105 Å². The van der Waals surface area contributed by atoms with Crippen molar-refractivity contribution in [1.82, 2.24) is 24.8 Å². The van der Waals surface area contributed by atoms with Crippen molar-refractivity contribution in [3.63, 3.8) is 0 Å². The zero-order valence-corrected chi connectivity index (χ0v) is 10.3. The molecule has 18 heavy (non-hydrogen) atoms. The van der Waals surface area contributed by atoms with Gasteiger partial charge in [0.2, 0.25) is 5.78 Å². The molecule has 2 aromatic rings. The molecule has 7 heteroatoms. The van der Waals surface area contributed by atoms with Crippen LogP contribution in [0.25, 0.3) is 0 Å². The Morgan fingerprint density at radius 2 is 2.17 bits per heavy atom. The predicted octanol–water partition coefficient (Wildman–Crippen LogP) is 0.0743. The maximum Gasteiger partial charge on any atom is 0.218 e. The van der Waals surface area contributed by atoms with Gasteiger partial charge < -0.3 is 5.73 Å². The Balaban J connectivity index is 2.13. The minimum atomic E-state index is -0.166. The van der Waals surface area contributed by atoms with Crippen LogP contribution < -0.4 is 5.73 Å². The number of rotatable bonds is 6. The van der Waals surface area contributed by atoms with Crippen LogP contribution in [-0.2, 0) is 13.1 Å². The second kappa shape index (κ2) is 5.54. The molecule has 96 valence electrons. The van der Waals surface area contributed by atoms with Gasteiger partial charge in [-0.1, -0.05) is 12.1 Å². The van der Waals surface area contributed by atoms with Crippen LogP contribution in [0.5, 0.6) is 0 Å². The van der Waals surface area contributed by atoms with Gasteiger partial charge in [-0.05, 0) is 6.42 Å². The van der Waals surface area contributed by atoms with Crippen molar-refractivity contribution < 1.29 is 4.79 Å². The molecule has 0 aromatic carbocycles. The highest BCUT2D eigenvalue weighted by Gasteiger charge is 2.15. The summed E-state index contributed by atoms with van der Waals surface area (Å²) in [5.74, 6) is -0.166. The zero-order valence-electron chi connectivity index (χ0n) is 10.3. The minimum absolute atomic E-state index is 0.166. The first-order valence-electron chi connectivity index (χ1n) is 5.92. The predicted molar refractivity (Wildman–Crippen MR) is 65.0 cm³/mol. The van der Waals surface area contributed by atoms with E-state index in [9.17, 15) is 4.79 Å². The second-order valence-electron chi connectivity index (χ2n) is 3.98. The summed E-state index contributed by atoms with van der Waals surface area (Å²) in [5.41, 5.74) is 6.26. The van der Waals surface area contributed by atoms with Gasteiger partial charge in [-0.15, -0.1) is 5.10 Å². The van der Waals surface area contributed by atoms with Gasteiger partial charge in [0.05, 0.1) is 24.5 Å². The number of nitrogens with two attached hydrogens (primary N) is 1. The summed E-state index contributed by atoms with van der Waals surface area (Å²) in [5, 5.41) is 11.8. The molecule has 2 rings (SSSR count). The molecule has 0 amide bonds. The summed E-state index contributed by atoms with van der Waals surface area (Å²) in [6, 6.07) is 0. The smallest absolute Gasteiger partial charge is 0.218 e. The van der Waals surface area contributed by atoms with Crippen molar-refractivity contribution >= 4 is 5.78 Å². The molecule has 2 aromatic heterocycles. The zero-order chi connectivity index (χ0) is 13.0. The molecule has 0 saturated heterocycles. The van der Waals surface area contributed by atoms with E-state index in [2.05, 4.69) is 22.3 Å². The molecule has 0 saturated carbocycles. The van der Waals surface area contributed by atoms with E-state index < -0.39 is 0 Å². The number of nitrogens with zero attached hydrogens (tertiary/aromatic N) is 5. The number of ketones is 1. The number of carbonyl (C=O) groups excluding carboxylic acids is 1. The number of hydrogen-bond acceptors (Lipinski definition) is 5. The molecular formula is C11H16N6O. The first-order valence-corrected chi connectivity index (χ1v) is 5.92. The lowest BCUT2D eigenvalue weighted by Gasteiger charge is -1.95. The third kappa shape index (κ3) is 2.62. The second-order valence-corrected chi connectivity index (χ2v) is 3.98. The number of carbonyl (C=O) groups is 1. The highest BCUT2D eigenvalue weighted by Crippen LogP contribution is 2.06. The van der Waals surface area contributed by atoms with Gasteiger partial charge in [0.25, 0.3) is 0 Å². The average molecular weight is 248 g/mol. The molecule has 7 nitrogen and oxygen atoms in total. The van der Waals surface area contributed by atoms with E-state index in [0.29, 0.717) is 24.3 Å². The Morgan fingerprint density at radius 1 is 1.33 bits per heavy atom. The van der Waals surface area contributed by atoms with Crippen molar-refractivity contribution in [2.24, 2.45) is 5.73 Å². The van der Waals surface area contributed by atoms with Crippen molar-refractivity contribution in [2.45, 2.75) is 26.4 Å². The molecule has 0 fully saturated rings. The fourth-order valence-electron chi connectivity index (χ4n) is 1.62. The Bertz CT molecular complexity index is 483. The molecular weight excluding hydrogens is 232 g/mol. The van der Waals surface area contributed by atoms with Gasteiger partial charge in [-0.3, -0.25) is 14.2 Å². The summed E-state index contributed by atoms with van der Waals surface area (Å²) in [6.07, 6.45) is 5.86. The maximum absolute atomic E-state index is 12.1. The summed E-state index contributed by atoms with van der Waals surface area (Å²) < 4.78 is 3.31. The SMILES string of the molecule is CCCn1cc(C(=O)c2cn(CCN)nn2)cn1. The Kier molecular flexibility index (Phi) is 3.83. The van der Waals surface area contributed by atoms with Crippen LogP contribution in [0.2, 0.25) is 0 Å². The van der Waals surface area contributed by atoms with Gasteiger partial charge >= 0.3 is 0 Å². The fraction of sp³-hybridized carbons (Fsp3) is 0.455. The van der Waals surface area contributed by atoms with E-state index in [4.69, 9.17) is 5.73 Å². The van der Waals surface area contributed by atoms with E-state index in [-0.39, 0.29) is 5.78 Å². The third-order valence-electron chi connectivity index (χ3n) is 2.48. The topological polar surface area (TPSA) is 91.6 Å². The van der Waals surface area contributed by atoms with Crippen LogP contribution in [0.3, 0.4) is 0 Å². The lowest BCUT2D eigenvalue weighted by molar-refractivity contribution is 0.103. The van der Waals surface area contributed by atoms with Crippen molar-refractivity contribution in [2.75, 3.05) is 6.54 Å². The van der Waals surface area contributed by atoms with Gasteiger partial charge in [-0.2, -0.15) is 5.10 Å². The van der Waals surface area contributed by atoms with Crippen molar-refractivity contribution in [3.05, 3.63) is 29.8 Å². The number of aryl methyl sites for hydroxylation is 1. The van der Waals surface area contributed by atoms with Crippen LogP contribution in [-0.4, -0.2) is 37.1 Å². The molecule has 2 heterocycles. The standard InChI is InChI=1S/C11H16N6O/c1-2-4-16-7-9(6-13-16)11(18)10-8-17(5-3-12)15-14-10/h6-8H,2-5,12H2,1H3. The molecule has 0 aliphatic carbocycles. The first kappa shape index (κ1) is 12.4.